The molecule has 0 amide bonds. The standard InChI is InChI=1S/C7H5NOS/c8-3-5-1-2-7(10-5)6-4-9-6/h1-2,6H,4H2. The van der Waals surface area contributed by atoms with Crippen molar-refractivity contribution in [3.8, 4) is 6.07 Å². The van der Waals surface area contributed by atoms with Crippen molar-refractivity contribution < 1.29 is 4.74 Å². The Kier molecular flexibility index (Phi) is 1.23. The summed E-state index contributed by atoms with van der Waals surface area (Å²) in [6, 6.07) is 5.89. The highest BCUT2D eigenvalue weighted by Crippen LogP contribution is 2.34. The van der Waals surface area contributed by atoms with Crippen molar-refractivity contribution in [3.63, 3.8) is 0 Å². The minimum absolute atomic E-state index is 0.298. The molecule has 2 nitrogen and oxygen atoms in total. The summed E-state index contributed by atoms with van der Waals surface area (Å²) >= 11 is 1.52. The van der Waals surface area contributed by atoms with Crippen LogP contribution in [0.4, 0.5) is 0 Å². The summed E-state index contributed by atoms with van der Waals surface area (Å²) in [6.07, 6.45) is 0.298. The number of nitrogens with zero attached hydrogens (tertiary/aromatic N) is 1. The second-order valence-corrected chi connectivity index (χ2v) is 3.25. The number of thiophene rings is 1. The Labute approximate surface area is 62.7 Å². The van der Waals surface area contributed by atoms with Gasteiger partial charge in [-0.05, 0) is 12.1 Å². The lowest BCUT2D eigenvalue weighted by atomic mass is 10.4. The third-order valence-electron chi connectivity index (χ3n) is 1.39. The summed E-state index contributed by atoms with van der Waals surface area (Å²) in [5.41, 5.74) is 0. The first-order valence-corrected chi connectivity index (χ1v) is 3.83. The third-order valence-corrected chi connectivity index (χ3v) is 2.47. The van der Waals surface area contributed by atoms with Gasteiger partial charge in [0.2, 0.25) is 0 Å². The summed E-state index contributed by atoms with van der Waals surface area (Å²) in [5, 5.41) is 8.47. The first-order valence-electron chi connectivity index (χ1n) is 3.01. The van der Waals surface area contributed by atoms with Gasteiger partial charge in [0.15, 0.2) is 0 Å². The molecule has 1 aliphatic rings. The average molecular weight is 151 g/mol. The fourth-order valence-corrected chi connectivity index (χ4v) is 1.64. The van der Waals surface area contributed by atoms with E-state index in [4.69, 9.17) is 10.00 Å². The van der Waals surface area contributed by atoms with Gasteiger partial charge in [0.25, 0.3) is 0 Å². The minimum atomic E-state index is 0.298. The van der Waals surface area contributed by atoms with Crippen LogP contribution >= 0.6 is 11.3 Å². The second-order valence-electron chi connectivity index (χ2n) is 2.14. The molecule has 0 radical (unpaired) electrons. The largest absolute Gasteiger partial charge is 0.367 e. The van der Waals surface area contributed by atoms with Gasteiger partial charge in [0, 0.05) is 4.88 Å². The predicted molar refractivity (Wildman–Crippen MR) is 37.7 cm³/mol. The highest BCUT2D eigenvalue weighted by atomic mass is 32.1. The molecule has 1 saturated heterocycles. The number of hydrogen-bond acceptors (Lipinski definition) is 3. The molecule has 0 N–H and O–H groups in total. The molecule has 1 unspecified atom stereocenters. The molecule has 0 saturated carbocycles. The molecule has 10 heavy (non-hydrogen) atoms. The highest BCUT2D eigenvalue weighted by Gasteiger charge is 2.26. The SMILES string of the molecule is N#Cc1ccc(C2CO2)s1. The van der Waals surface area contributed by atoms with E-state index in [0.29, 0.717) is 6.10 Å². The molecule has 1 aliphatic heterocycles. The van der Waals surface area contributed by atoms with E-state index in [9.17, 15) is 0 Å². The molecule has 3 heteroatoms. The van der Waals surface area contributed by atoms with Crippen LogP contribution in [0.15, 0.2) is 12.1 Å². The van der Waals surface area contributed by atoms with E-state index in [1.54, 1.807) is 0 Å². The molecule has 1 aromatic rings. The zero-order chi connectivity index (χ0) is 6.97. The van der Waals surface area contributed by atoms with Gasteiger partial charge in [-0.2, -0.15) is 5.26 Å². The van der Waals surface area contributed by atoms with Gasteiger partial charge < -0.3 is 4.74 Å². The summed E-state index contributed by atoms with van der Waals surface area (Å²) in [5.74, 6) is 0. The molecule has 2 rings (SSSR count). The molecule has 50 valence electrons. The van der Waals surface area contributed by atoms with Gasteiger partial charge >= 0.3 is 0 Å². The van der Waals surface area contributed by atoms with Gasteiger partial charge in [0.1, 0.15) is 17.1 Å². The van der Waals surface area contributed by atoms with E-state index in [1.165, 1.54) is 16.2 Å². The van der Waals surface area contributed by atoms with Gasteiger partial charge in [-0.15, -0.1) is 11.3 Å². The van der Waals surface area contributed by atoms with Crippen molar-refractivity contribution in [3.05, 3.63) is 21.9 Å². The van der Waals surface area contributed by atoms with E-state index in [2.05, 4.69) is 6.07 Å². The minimum Gasteiger partial charge on any atom is -0.367 e. The normalized spacial score (nSPS) is 22.1. The maximum atomic E-state index is 8.47. The monoisotopic (exact) mass is 151 g/mol. The molecule has 0 spiro atoms. The maximum absolute atomic E-state index is 8.47. The molecule has 0 aromatic carbocycles. The van der Waals surface area contributed by atoms with Crippen LogP contribution in [-0.2, 0) is 4.74 Å². The average Bonchev–Trinajstić information content (AvgIpc) is 2.70. The van der Waals surface area contributed by atoms with Crippen LogP contribution in [0.25, 0.3) is 0 Å². The molecular formula is C7H5NOS. The molecular weight excluding hydrogens is 146 g/mol. The summed E-state index contributed by atoms with van der Waals surface area (Å²) in [4.78, 5) is 1.95. The van der Waals surface area contributed by atoms with Crippen LogP contribution in [0, 0.1) is 11.3 Å². The predicted octanol–water partition coefficient (Wildman–Crippen LogP) is 1.69. The van der Waals surface area contributed by atoms with Crippen molar-refractivity contribution in [1.82, 2.24) is 0 Å². The van der Waals surface area contributed by atoms with E-state index in [1.807, 2.05) is 12.1 Å². The zero-order valence-corrected chi connectivity index (χ0v) is 6.02. The Morgan fingerprint density at radius 3 is 3.00 bits per heavy atom. The van der Waals surface area contributed by atoms with Gasteiger partial charge in [-0.1, -0.05) is 0 Å². The molecule has 1 atom stereocenters. The fraction of sp³-hybridized carbons (Fsp3) is 0.286. The summed E-state index contributed by atoms with van der Waals surface area (Å²) in [6.45, 7) is 0.825. The molecule has 1 aromatic heterocycles. The van der Waals surface area contributed by atoms with Crippen molar-refractivity contribution in [2.24, 2.45) is 0 Å². The Bertz CT molecular complexity index is 282. The van der Waals surface area contributed by atoms with E-state index in [-0.39, 0.29) is 0 Å². The van der Waals surface area contributed by atoms with Crippen LogP contribution < -0.4 is 0 Å². The first kappa shape index (κ1) is 5.90. The molecule has 0 aliphatic carbocycles. The maximum Gasteiger partial charge on any atom is 0.115 e. The quantitative estimate of drug-likeness (QED) is 0.572. The van der Waals surface area contributed by atoms with Crippen LogP contribution in [0.5, 0.6) is 0 Å². The van der Waals surface area contributed by atoms with Crippen LogP contribution in [0.2, 0.25) is 0 Å². The van der Waals surface area contributed by atoms with E-state index in [0.717, 1.165) is 11.5 Å². The Hall–Kier alpha value is -0.850. The molecule has 1 fully saturated rings. The number of rotatable bonds is 1. The van der Waals surface area contributed by atoms with E-state index < -0.39 is 0 Å². The topological polar surface area (TPSA) is 36.3 Å². The van der Waals surface area contributed by atoms with Gasteiger partial charge in [-0.25, -0.2) is 0 Å². The second kappa shape index (κ2) is 2.08. The lowest BCUT2D eigenvalue weighted by Crippen LogP contribution is -1.66. The molecule has 0 bridgehead atoms. The lowest BCUT2D eigenvalue weighted by molar-refractivity contribution is 0.418. The Balaban J connectivity index is 2.29. The third kappa shape index (κ3) is 0.919. The zero-order valence-electron chi connectivity index (χ0n) is 5.20. The van der Waals surface area contributed by atoms with Crippen LogP contribution in [0.3, 0.4) is 0 Å². The number of ether oxygens (including phenoxy) is 1. The van der Waals surface area contributed by atoms with Crippen molar-refractivity contribution >= 4 is 11.3 Å². The van der Waals surface area contributed by atoms with Gasteiger partial charge in [0.05, 0.1) is 6.61 Å². The fourth-order valence-electron chi connectivity index (χ4n) is 0.798. The van der Waals surface area contributed by atoms with Crippen molar-refractivity contribution in [2.45, 2.75) is 6.10 Å². The first-order chi connectivity index (χ1) is 4.90. The van der Waals surface area contributed by atoms with Crippen LogP contribution in [-0.4, -0.2) is 6.61 Å². The van der Waals surface area contributed by atoms with Gasteiger partial charge in [-0.3, -0.25) is 0 Å². The number of nitriles is 1. The smallest absolute Gasteiger partial charge is 0.115 e. The molecule has 2 heterocycles. The number of hydrogen-bond donors (Lipinski definition) is 0. The Morgan fingerprint density at radius 1 is 1.70 bits per heavy atom. The van der Waals surface area contributed by atoms with Crippen molar-refractivity contribution in [2.75, 3.05) is 6.61 Å². The highest BCUT2D eigenvalue weighted by molar-refractivity contribution is 7.12. The Morgan fingerprint density at radius 2 is 2.50 bits per heavy atom. The van der Waals surface area contributed by atoms with E-state index >= 15 is 0 Å². The van der Waals surface area contributed by atoms with Crippen molar-refractivity contribution in [1.29, 1.82) is 5.26 Å². The summed E-state index contributed by atoms with van der Waals surface area (Å²) in [7, 11) is 0. The lowest BCUT2D eigenvalue weighted by Gasteiger charge is -1.80. The summed E-state index contributed by atoms with van der Waals surface area (Å²) < 4.78 is 5.05. The number of epoxide rings is 1. The van der Waals surface area contributed by atoms with Crippen LogP contribution in [0.1, 0.15) is 15.9 Å².